The highest BCUT2D eigenvalue weighted by Gasteiger charge is 2.29. The number of piperidine rings is 1. The molecule has 1 fully saturated rings. The highest BCUT2D eigenvalue weighted by Crippen LogP contribution is 2.20. The summed E-state index contributed by atoms with van der Waals surface area (Å²) in [5, 5.41) is 6.34. The van der Waals surface area contributed by atoms with Gasteiger partial charge in [0, 0.05) is 18.6 Å². The van der Waals surface area contributed by atoms with E-state index < -0.39 is 0 Å². The molecule has 0 saturated carbocycles. The molecule has 0 aromatic carbocycles. The summed E-state index contributed by atoms with van der Waals surface area (Å²) in [6, 6.07) is 3.63. The predicted molar refractivity (Wildman–Crippen MR) is 78.4 cm³/mol. The van der Waals surface area contributed by atoms with Crippen LogP contribution in [-0.4, -0.2) is 43.0 Å². The molecule has 112 valence electrons. The summed E-state index contributed by atoms with van der Waals surface area (Å²) in [6.45, 7) is 6.55. The van der Waals surface area contributed by atoms with Crippen molar-refractivity contribution >= 4 is 5.91 Å². The number of furan rings is 1. The van der Waals surface area contributed by atoms with Crippen LogP contribution in [0.25, 0.3) is 0 Å². The van der Waals surface area contributed by atoms with Crippen molar-refractivity contribution in [2.75, 3.05) is 26.7 Å². The maximum absolute atomic E-state index is 12.0. The zero-order valence-electron chi connectivity index (χ0n) is 12.6. The van der Waals surface area contributed by atoms with Crippen molar-refractivity contribution in [1.82, 2.24) is 15.5 Å². The molecule has 1 aromatic rings. The van der Waals surface area contributed by atoms with E-state index in [1.165, 1.54) is 0 Å². The molecule has 0 radical (unpaired) electrons. The lowest BCUT2D eigenvalue weighted by molar-refractivity contribution is -0.123. The number of rotatable bonds is 5. The van der Waals surface area contributed by atoms with Crippen molar-refractivity contribution < 1.29 is 9.21 Å². The fourth-order valence-corrected chi connectivity index (χ4v) is 2.55. The number of likely N-dealkylation sites (tertiary alicyclic amines) is 1. The lowest BCUT2D eigenvalue weighted by Crippen LogP contribution is -2.51. The average Bonchev–Trinajstić information content (AvgIpc) is 2.96. The van der Waals surface area contributed by atoms with Gasteiger partial charge in [-0.1, -0.05) is 0 Å². The molecule has 2 rings (SSSR count). The quantitative estimate of drug-likeness (QED) is 0.858. The SMILES string of the molecule is CNC1(C)CCN(CC(=O)NC(C)c2ccco2)CC1. The van der Waals surface area contributed by atoms with Gasteiger partial charge >= 0.3 is 0 Å². The predicted octanol–water partition coefficient (Wildman–Crippen LogP) is 1.53. The van der Waals surface area contributed by atoms with Gasteiger partial charge in [0.25, 0.3) is 0 Å². The van der Waals surface area contributed by atoms with Crippen LogP contribution in [0.2, 0.25) is 0 Å². The van der Waals surface area contributed by atoms with Crippen molar-refractivity contribution in [2.24, 2.45) is 0 Å². The molecule has 0 aliphatic carbocycles. The molecule has 5 nitrogen and oxygen atoms in total. The van der Waals surface area contributed by atoms with E-state index in [0.29, 0.717) is 6.54 Å². The lowest BCUT2D eigenvalue weighted by Gasteiger charge is -2.39. The molecule has 1 atom stereocenters. The van der Waals surface area contributed by atoms with Crippen LogP contribution in [0.15, 0.2) is 22.8 Å². The summed E-state index contributed by atoms with van der Waals surface area (Å²) in [6.07, 6.45) is 3.77. The Hall–Kier alpha value is -1.33. The number of hydrogen-bond donors (Lipinski definition) is 2. The third-order valence-electron chi connectivity index (χ3n) is 4.28. The number of carbonyl (C=O) groups excluding carboxylic acids is 1. The number of hydrogen-bond acceptors (Lipinski definition) is 4. The fourth-order valence-electron chi connectivity index (χ4n) is 2.55. The first-order valence-electron chi connectivity index (χ1n) is 7.26. The molecule has 0 bridgehead atoms. The first kappa shape index (κ1) is 15.1. The van der Waals surface area contributed by atoms with E-state index in [4.69, 9.17) is 4.42 Å². The average molecular weight is 279 g/mol. The summed E-state index contributed by atoms with van der Waals surface area (Å²) in [4.78, 5) is 14.2. The summed E-state index contributed by atoms with van der Waals surface area (Å²) < 4.78 is 5.29. The standard InChI is InChI=1S/C15H25N3O2/c1-12(13-5-4-10-20-13)17-14(19)11-18-8-6-15(2,16-3)7-9-18/h4-5,10,12,16H,6-9,11H2,1-3H3,(H,17,19). The van der Waals surface area contributed by atoms with E-state index >= 15 is 0 Å². The maximum atomic E-state index is 12.0. The summed E-state index contributed by atoms with van der Waals surface area (Å²) in [5.74, 6) is 0.849. The lowest BCUT2D eigenvalue weighted by atomic mass is 9.90. The highest BCUT2D eigenvalue weighted by molar-refractivity contribution is 5.78. The molecular formula is C15H25N3O2. The summed E-state index contributed by atoms with van der Waals surface area (Å²) >= 11 is 0. The summed E-state index contributed by atoms with van der Waals surface area (Å²) in [5.41, 5.74) is 0.217. The van der Waals surface area contributed by atoms with Crippen molar-refractivity contribution in [3.63, 3.8) is 0 Å². The van der Waals surface area contributed by atoms with Crippen LogP contribution in [0.1, 0.15) is 38.5 Å². The van der Waals surface area contributed by atoms with Gasteiger partial charge in [-0.05, 0) is 45.9 Å². The Morgan fingerprint density at radius 3 is 2.75 bits per heavy atom. The van der Waals surface area contributed by atoms with Gasteiger partial charge in [0.2, 0.25) is 5.91 Å². The van der Waals surface area contributed by atoms with Crippen molar-refractivity contribution in [3.8, 4) is 0 Å². The van der Waals surface area contributed by atoms with Crippen LogP contribution in [0.4, 0.5) is 0 Å². The topological polar surface area (TPSA) is 57.5 Å². The Morgan fingerprint density at radius 1 is 1.50 bits per heavy atom. The molecule has 2 heterocycles. The molecule has 0 spiro atoms. The second-order valence-corrected chi connectivity index (χ2v) is 5.89. The van der Waals surface area contributed by atoms with Gasteiger partial charge in [0.1, 0.15) is 5.76 Å². The van der Waals surface area contributed by atoms with Crippen LogP contribution in [0, 0.1) is 0 Å². The van der Waals surface area contributed by atoms with Crippen LogP contribution >= 0.6 is 0 Å². The van der Waals surface area contributed by atoms with E-state index in [2.05, 4.69) is 22.5 Å². The van der Waals surface area contributed by atoms with Crippen LogP contribution in [0.3, 0.4) is 0 Å². The van der Waals surface area contributed by atoms with Crippen LogP contribution < -0.4 is 10.6 Å². The minimum atomic E-state index is -0.0788. The molecule has 1 aliphatic rings. The Labute approximate surface area is 120 Å². The van der Waals surface area contributed by atoms with Crippen molar-refractivity contribution in [1.29, 1.82) is 0 Å². The number of amides is 1. The van der Waals surface area contributed by atoms with Crippen LogP contribution in [-0.2, 0) is 4.79 Å². The Bertz CT molecular complexity index is 422. The van der Waals surface area contributed by atoms with Gasteiger partial charge in [0.05, 0.1) is 18.8 Å². The third-order valence-corrected chi connectivity index (χ3v) is 4.28. The second-order valence-electron chi connectivity index (χ2n) is 5.89. The Kier molecular flexibility index (Phi) is 4.83. The first-order valence-corrected chi connectivity index (χ1v) is 7.26. The third kappa shape index (κ3) is 3.84. The Balaban J connectivity index is 1.76. The van der Waals surface area contributed by atoms with Gasteiger partial charge in [-0.25, -0.2) is 0 Å². The molecule has 1 unspecified atom stereocenters. The molecule has 1 saturated heterocycles. The van der Waals surface area contributed by atoms with E-state index in [1.807, 2.05) is 26.1 Å². The number of carbonyl (C=O) groups is 1. The monoisotopic (exact) mass is 279 g/mol. The first-order chi connectivity index (χ1) is 9.52. The minimum Gasteiger partial charge on any atom is -0.467 e. The molecule has 20 heavy (non-hydrogen) atoms. The van der Waals surface area contributed by atoms with Gasteiger partial charge in [-0.3, -0.25) is 9.69 Å². The second kappa shape index (κ2) is 6.41. The molecule has 5 heteroatoms. The maximum Gasteiger partial charge on any atom is 0.234 e. The molecule has 1 aromatic heterocycles. The largest absolute Gasteiger partial charge is 0.467 e. The fraction of sp³-hybridized carbons (Fsp3) is 0.667. The van der Waals surface area contributed by atoms with E-state index in [9.17, 15) is 4.79 Å². The smallest absolute Gasteiger partial charge is 0.234 e. The van der Waals surface area contributed by atoms with Crippen molar-refractivity contribution in [2.45, 2.75) is 38.3 Å². The van der Waals surface area contributed by atoms with Gasteiger partial charge in [0.15, 0.2) is 0 Å². The van der Waals surface area contributed by atoms with E-state index in [-0.39, 0.29) is 17.5 Å². The molecular weight excluding hydrogens is 254 g/mol. The summed E-state index contributed by atoms with van der Waals surface area (Å²) in [7, 11) is 2.01. The normalized spacial score (nSPS) is 20.6. The van der Waals surface area contributed by atoms with E-state index in [1.54, 1.807) is 6.26 Å². The van der Waals surface area contributed by atoms with Gasteiger partial charge < -0.3 is 15.1 Å². The molecule has 1 amide bonds. The van der Waals surface area contributed by atoms with E-state index in [0.717, 1.165) is 31.7 Å². The van der Waals surface area contributed by atoms with Crippen molar-refractivity contribution in [3.05, 3.63) is 24.2 Å². The van der Waals surface area contributed by atoms with Gasteiger partial charge in [-0.2, -0.15) is 0 Å². The zero-order valence-corrected chi connectivity index (χ0v) is 12.6. The highest BCUT2D eigenvalue weighted by atomic mass is 16.3. The number of nitrogens with zero attached hydrogens (tertiary/aromatic N) is 1. The molecule has 1 aliphatic heterocycles. The van der Waals surface area contributed by atoms with Gasteiger partial charge in [-0.15, -0.1) is 0 Å². The Morgan fingerprint density at radius 2 is 2.20 bits per heavy atom. The molecule has 2 N–H and O–H groups in total. The zero-order chi connectivity index (χ0) is 14.6. The minimum absolute atomic E-state index is 0.0574. The van der Waals surface area contributed by atoms with Crippen LogP contribution in [0.5, 0.6) is 0 Å². The number of nitrogens with one attached hydrogen (secondary N) is 2.